The number of benzene rings is 2. The van der Waals surface area contributed by atoms with Crippen molar-refractivity contribution in [2.45, 2.75) is 40.0 Å². The van der Waals surface area contributed by atoms with Gasteiger partial charge >= 0.3 is 11.7 Å². The number of esters is 1. The first kappa shape index (κ1) is 21.4. The van der Waals surface area contributed by atoms with Crippen LogP contribution in [0.2, 0.25) is 0 Å². The lowest BCUT2D eigenvalue weighted by molar-refractivity contribution is -0.146. The van der Waals surface area contributed by atoms with Gasteiger partial charge in [-0.2, -0.15) is 4.98 Å². The number of aryl methyl sites for hydroxylation is 2. The average molecular weight is 436 g/mol. The predicted molar refractivity (Wildman–Crippen MR) is 117 cm³/mol. The molecule has 0 aliphatic rings. The Balaban J connectivity index is 1.39. The molecule has 2 aromatic carbocycles. The molecule has 166 valence electrons. The van der Waals surface area contributed by atoms with E-state index in [-0.39, 0.29) is 31.2 Å². The molecule has 4 aromatic rings. The Hall–Kier alpha value is -3.88. The normalized spacial score (nSPS) is 11.1. The summed E-state index contributed by atoms with van der Waals surface area (Å²) in [6.45, 7) is 4.96. The third kappa shape index (κ3) is 4.27. The molecule has 0 saturated carbocycles. The molecule has 0 unspecified atom stereocenters. The van der Waals surface area contributed by atoms with Gasteiger partial charge in [-0.05, 0) is 38.1 Å². The van der Waals surface area contributed by atoms with Crippen molar-refractivity contribution in [2.24, 2.45) is 0 Å². The molecule has 0 spiro atoms. The van der Waals surface area contributed by atoms with Crippen molar-refractivity contribution in [3.8, 4) is 17.1 Å². The molecular formula is C23H24N4O5. The van der Waals surface area contributed by atoms with Crippen LogP contribution in [-0.2, 0) is 29.2 Å². The van der Waals surface area contributed by atoms with E-state index in [2.05, 4.69) is 10.1 Å². The highest BCUT2D eigenvalue weighted by Gasteiger charge is 2.16. The van der Waals surface area contributed by atoms with E-state index in [4.69, 9.17) is 14.0 Å². The van der Waals surface area contributed by atoms with Gasteiger partial charge in [0.25, 0.3) is 5.89 Å². The molecule has 0 amide bonds. The molecule has 0 atom stereocenters. The zero-order valence-corrected chi connectivity index (χ0v) is 18.0. The number of rotatable bonds is 9. The molecule has 0 bridgehead atoms. The first-order valence-corrected chi connectivity index (χ1v) is 10.5. The summed E-state index contributed by atoms with van der Waals surface area (Å²) >= 11 is 0. The first-order chi connectivity index (χ1) is 15.6. The second-order valence-electron chi connectivity index (χ2n) is 7.02. The zero-order chi connectivity index (χ0) is 22.5. The summed E-state index contributed by atoms with van der Waals surface area (Å²) in [6.07, 6.45) is 0.0474. The third-order valence-corrected chi connectivity index (χ3v) is 5.03. The summed E-state index contributed by atoms with van der Waals surface area (Å²) < 4.78 is 19.3. The van der Waals surface area contributed by atoms with Crippen molar-refractivity contribution >= 4 is 17.0 Å². The van der Waals surface area contributed by atoms with E-state index in [0.29, 0.717) is 30.3 Å². The van der Waals surface area contributed by atoms with E-state index in [1.807, 2.05) is 62.4 Å². The number of nitrogens with zero attached hydrogens (tertiary/aromatic N) is 4. The number of ether oxygens (including phenoxy) is 2. The molecule has 0 aliphatic carbocycles. The van der Waals surface area contributed by atoms with E-state index in [9.17, 15) is 9.59 Å². The van der Waals surface area contributed by atoms with Crippen LogP contribution in [0.5, 0.6) is 5.75 Å². The number of fused-ring (bicyclic) bond motifs is 1. The van der Waals surface area contributed by atoms with Gasteiger partial charge in [-0.1, -0.05) is 29.4 Å². The van der Waals surface area contributed by atoms with Gasteiger partial charge in [0, 0.05) is 13.1 Å². The summed E-state index contributed by atoms with van der Waals surface area (Å²) in [5.74, 6) is 0.731. The maximum atomic E-state index is 12.7. The Morgan fingerprint density at radius 1 is 1.03 bits per heavy atom. The monoisotopic (exact) mass is 436 g/mol. The second kappa shape index (κ2) is 9.51. The van der Waals surface area contributed by atoms with Crippen molar-refractivity contribution < 1.29 is 18.8 Å². The van der Waals surface area contributed by atoms with E-state index in [1.165, 1.54) is 0 Å². The highest BCUT2D eigenvalue weighted by atomic mass is 16.6. The van der Waals surface area contributed by atoms with Gasteiger partial charge in [-0.25, -0.2) is 4.79 Å². The fourth-order valence-corrected chi connectivity index (χ4v) is 3.57. The van der Waals surface area contributed by atoms with Crippen molar-refractivity contribution in [2.75, 3.05) is 6.61 Å². The maximum Gasteiger partial charge on any atom is 0.329 e. The van der Waals surface area contributed by atoms with Gasteiger partial charge in [0.2, 0.25) is 5.82 Å². The van der Waals surface area contributed by atoms with Gasteiger partial charge in [-0.15, -0.1) is 0 Å². The van der Waals surface area contributed by atoms with E-state index in [1.54, 1.807) is 9.13 Å². The predicted octanol–water partition coefficient (Wildman–Crippen LogP) is 3.41. The maximum absolute atomic E-state index is 12.7. The van der Waals surface area contributed by atoms with Crippen LogP contribution in [0.3, 0.4) is 0 Å². The number of carbonyl (C=O) groups excluding carboxylic acids is 1. The average Bonchev–Trinajstić information content (AvgIpc) is 3.39. The van der Waals surface area contributed by atoms with Crippen LogP contribution < -0.4 is 10.4 Å². The summed E-state index contributed by atoms with van der Waals surface area (Å²) in [5.41, 5.74) is 2.19. The van der Waals surface area contributed by atoms with Gasteiger partial charge in [0.05, 0.1) is 29.6 Å². The minimum absolute atomic E-state index is 0.0474. The molecule has 2 heterocycles. The van der Waals surface area contributed by atoms with Crippen LogP contribution in [-0.4, -0.2) is 31.9 Å². The number of aromatic nitrogens is 4. The minimum atomic E-state index is -0.459. The topological polar surface area (TPSA) is 101 Å². The summed E-state index contributed by atoms with van der Waals surface area (Å²) in [7, 11) is 0. The zero-order valence-electron chi connectivity index (χ0n) is 18.0. The molecule has 9 nitrogen and oxygen atoms in total. The van der Waals surface area contributed by atoms with Gasteiger partial charge in [-0.3, -0.25) is 13.9 Å². The SMILES string of the molecule is CCOc1ccccc1-c1noc(COC(=O)CCn2c(=O)n(CC)c3ccccc32)n1. The van der Waals surface area contributed by atoms with Crippen molar-refractivity contribution in [3.63, 3.8) is 0 Å². The standard InChI is InChI=1S/C23H24N4O5/c1-3-26-17-10-6-7-11-18(17)27(23(26)29)14-13-21(28)31-15-20-24-22(25-32-20)16-9-5-8-12-19(16)30-4-2/h5-12H,3-4,13-15H2,1-2H3. The number of hydrogen-bond acceptors (Lipinski definition) is 7. The van der Waals surface area contributed by atoms with Crippen LogP contribution in [0.15, 0.2) is 57.8 Å². The fourth-order valence-electron chi connectivity index (χ4n) is 3.57. The lowest BCUT2D eigenvalue weighted by atomic mass is 10.2. The minimum Gasteiger partial charge on any atom is -0.493 e. The Morgan fingerprint density at radius 3 is 2.50 bits per heavy atom. The second-order valence-corrected chi connectivity index (χ2v) is 7.02. The number of hydrogen-bond donors (Lipinski definition) is 0. The summed E-state index contributed by atoms with van der Waals surface area (Å²) in [4.78, 5) is 29.2. The Morgan fingerprint density at radius 2 is 1.75 bits per heavy atom. The fraction of sp³-hybridized carbons (Fsp3) is 0.304. The largest absolute Gasteiger partial charge is 0.493 e. The first-order valence-electron chi connectivity index (χ1n) is 10.5. The number of para-hydroxylation sites is 3. The number of carbonyl (C=O) groups is 1. The van der Waals surface area contributed by atoms with E-state index < -0.39 is 5.97 Å². The van der Waals surface area contributed by atoms with Gasteiger partial charge in [0.1, 0.15) is 5.75 Å². The van der Waals surface area contributed by atoms with Crippen LogP contribution in [0.4, 0.5) is 0 Å². The third-order valence-electron chi connectivity index (χ3n) is 5.03. The highest BCUT2D eigenvalue weighted by Crippen LogP contribution is 2.27. The van der Waals surface area contributed by atoms with Crippen LogP contribution in [0.25, 0.3) is 22.4 Å². The smallest absolute Gasteiger partial charge is 0.329 e. The van der Waals surface area contributed by atoms with Crippen molar-refractivity contribution in [1.82, 2.24) is 19.3 Å². The molecule has 0 saturated heterocycles. The van der Waals surface area contributed by atoms with Crippen LogP contribution in [0.1, 0.15) is 26.2 Å². The summed E-state index contributed by atoms with van der Waals surface area (Å²) in [6, 6.07) is 14.9. The molecule has 32 heavy (non-hydrogen) atoms. The molecule has 0 N–H and O–H groups in total. The van der Waals surface area contributed by atoms with Crippen molar-refractivity contribution in [3.05, 3.63) is 64.9 Å². The Kier molecular flexibility index (Phi) is 6.34. The molecule has 0 aliphatic heterocycles. The molecule has 9 heteroatoms. The van der Waals surface area contributed by atoms with Crippen molar-refractivity contribution in [1.29, 1.82) is 0 Å². The highest BCUT2D eigenvalue weighted by molar-refractivity contribution is 5.76. The lowest BCUT2D eigenvalue weighted by Gasteiger charge is -2.06. The van der Waals surface area contributed by atoms with Crippen LogP contribution in [0, 0.1) is 0 Å². The molecule has 0 fully saturated rings. The van der Waals surface area contributed by atoms with Gasteiger partial charge in [0.15, 0.2) is 6.61 Å². The molecule has 2 aromatic heterocycles. The molecule has 0 radical (unpaired) electrons. The lowest BCUT2D eigenvalue weighted by Crippen LogP contribution is -2.25. The van der Waals surface area contributed by atoms with E-state index in [0.717, 1.165) is 11.0 Å². The Bertz CT molecular complexity index is 1290. The van der Waals surface area contributed by atoms with Crippen LogP contribution >= 0.6 is 0 Å². The summed E-state index contributed by atoms with van der Waals surface area (Å²) in [5, 5.41) is 3.95. The Labute approximate surface area is 184 Å². The molecular weight excluding hydrogens is 412 g/mol. The molecule has 4 rings (SSSR count). The van der Waals surface area contributed by atoms with E-state index >= 15 is 0 Å². The van der Waals surface area contributed by atoms with Gasteiger partial charge < -0.3 is 14.0 Å². The number of imidazole rings is 1. The quantitative estimate of drug-likeness (QED) is 0.371.